The maximum atomic E-state index is 12.4. The fraction of sp³-hybridized carbons (Fsp3) is 0.879. The molecule has 1 N–H and O–H groups in total. The van der Waals surface area contributed by atoms with Crippen LogP contribution in [0.15, 0.2) is 11.6 Å². The first-order valence-corrected chi connectivity index (χ1v) is 15.7. The molecular formula is C33H54O5. The van der Waals surface area contributed by atoms with Crippen LogP contribution >= 0.6 is 0 Å². The number of aliphatic hydroxyl groups excluding tert-OH is 1. The van der Waals surface area contributed by atoms with Crippen molar-refractivity contribution in [2.45, 2.75) is 124 Å². The quantitative estimate of drug-likeness (QED) is 0.225. The molecule has 38 heavy (non-hydrogen) atoms. The molecule has 0 radical (unpaired) electrons. The Morgan fingerprint density at radius 3 is 2.50 bits per heavy atom. The van der Waals surface area contributed by atoms with Crippen molar-refractivity contribution in [3.8, 4) is 0 Å². The van der Waals surface area contributed by atoms with E-state index in [0.717, 1.165) is 54.8 Å². The molecule has 8 atom stereocenters. The van der Waals surface area contributed by atoms with E-state index < -0.39 is 5.97 Å². The fourth-order valence-electron chi connectivity index (χ4n) is 9.43. The summed E-state index contributed by atoms with van der Waals surface area (Å²) in [5.74, 6) is 4.18. The van der Waals surface area contributed by atoms with E-state index in [2.05, 4.69) is 40.7 Å². The van der Waals surface area contributed by atoms with E-state index >= 15 is 0 Å². The second-order valence-electron chi connectivity index (χ2n) is 14.1. The second kappa shape index (κ2) is 12.4. The van der Waals surface area contributed by atoms with Gasteiger partial charge in [-0.05, 0) is 91.3 Å². The van der Waals surface area contributed by atoms with Gasteiger partial charge < -0.3 is 14.6 Å². The monoisotopic (exact) mass is 530 g/mol. The van der Waals surface area contributed by atoms with Crippen LogP contribution in [0.2, 0.25) is 0 Å². The van der Waals surface area contributed by atoms with Crippen LogP contribution in [0, 0.1) is 46.3 Å². The Kier molecular flexibility index (Phi) is 9.69. The van der Waals surface area contributed by atoms with Crippen LogP contribution in [0.3, 0.4) is 0 Å². The van der Waals surface area contributed by atoms with Crippen molar-refractivity contribution < 1.29 is 24.2 Å². The predicted octanol–water partition coefficient (Wildman–Crippen LogP) is 7.26. The fourth-order valence-corrected chi connectivity index (χ4v) is 9.43. The van der Waals surface area contributed by atoms with Crippen LogP contribution in [0.5, 0.6) is 0 Å². The lowest BCUT2D eigenvalue weighted by Gasteiger charge is -2.58. The van der Waals surface area contributed by atoms with Crippen LogP contribution in [-0.2, 0) is 19.1 Å². The molecule has 4 aliphatic carbocycles. The summed E-state index contributed by atoms with van der Waals surface area (Å²) in [5, 5.41) is 8.76. The van der Waals surface area contributed by atoms with Crippen molar-refractivity contribution >= 4 is 11.9 Å². The van der Waals surface area contributed by atoms with E-state index in [1.54, 1.807) is 0 Å². The van der Waals surface area contributed by atoms with Crippen molar-refractivity contribution in [2.24, 2.45) is 46.3 Å². The first-order valence-electron chi connectivity index (χ1n) is 15.7. The van der Waals surface area contributed by atoms with Gasteiger partial charge in [-0.1, -0.05) is 65.5 Å². The average molecular weight is 531 g/mol. The maximum absolute atomic E-state index is 12.4. The zero-order valence-electron chi connectivity index (χ0n) is 24.8. The standard InChI is InChI=1S/C33H54O5/c1-22(2)7-6-8-23(3)27-11-12-28-26-10-9-24-21-25(38-31(36)14-13-30(35)37-20-19-34)15-17-32(24,4)29(26)16-18-33(27,28)5/h9,22-23,25-29,34H,6-8,10-21H2,1-5H3/t23?,25-,26?,27+,28?,29?,32-,33+/m0/s1. The third kappa shape index (κ3) is 6.18. The summed E-state index contributed by atoms with van der Waals surface area (Å²) in [4.78, 5) is 24.0. The van der Waals surface area contributed by atoms with Gasteiger partial charge in [0.1, 0.15) is 12.7 Å². The summed E-state index contributed by atoms with van der Waals surface area (Å²) in [6.07, 6.45) is 16.3. The summed E-state index contributed by atoms with van der Waals surface area (Å²) in [6.45, 7) is 12.2. The first-order chi connectivity index (χ1) is 18.1. The van der Waals surface area contributed by atoms with Gasteiger partial charge in [0, 0.05) is 6.42 Å². The van der Waals surface area contributed by atoms with Crippen molar-refractivity contribution in [3.63, 3.8) is 0 Å². The lowest BCUT2D eigenvalue weighted by Crippen LogP contribution is -2.51. The number of fused-ring (bicyclic) bond motifs is 5. The Hall–Kier alpha value is -1.36. The van der Waals surface area contributed by atoms with Crippen LogP contribution in [0.4, 0.5) is 0 Å². The number of carbonyl (C=O) groups excluding carboxylic acids is 2. The third-order valence-corrected chi connectivity index (χ3v) is 11.4. The van der Waals surface area contributed by atoms with E-state index in [0.29, 0.717) is 5.41 Å². The van der Waals surface area contributed by atoms with Gasteiger partial charge in [-0.25, -0.2) is 0 Å². The molecule has 0 aromatic rings. The van der Waals surface area contributed by atoms with E-state index in [1.165, 1.54) is 56.9 Å². The summed E-state index contributed by atoms with van der Waals surface area (Å²) in [6, 6.07) is 0. The van der Waals surface area contributed by atoms with E-state index in [4.69, 9.17) is 14.6 Å². The van der Waals surface area contributed by atoms with Crippen LogP contribution < -0.4 is 0 Å². The largest absolute Gasteiger partial charge is 0.463 e. The van der Waals surface area contributed by atoms with Crippen molar-refractivity contribution in [1.82, 2.24) is 0 Å². The summed E-state index contributed by atoms with van der Waals surface area (Å²) in [7, 11) is 0. The third-order valence-electron chi connectivity index (χ3n) is 11.4. The van der Waals surface area contributed by atoms with Crippen LogP contribution in [0.25, 0.3) is 0 Å². The zero-order chi connectivity index (χ0) is 27.5. The highest BCUT2D eigenvalue weighted by molar-refractivity contribution is 5.77. The highest BCUT2D eigenvalue weighted by Gasteiger charge is 2.59. The lowest BCUT2D eigenvalue weighted by atomic mass is 9.47. The first kappa shape index (κ1) is 29.6. The molecular weight excluding hydrogens is 476 g/mol. The van der Waals surface area contributed by atoms with E-state index in [1.807, 2.05) is 0 Å². The number of hydrogen-bond donors (Lipinski definition) is 1. The zero-order valence-corrected chi connectivity index (χ0v) is 24.8. The highest BCUT2D eigenvalue weighted by Crippen LogP contribution is 2.67. The highest BCUT2D eigenvalue weighted by atomic mass is 16.5. The Balaban J connectivity index is 1.34. The Labute approximate surface area is 231 Å². The normalized spacial score (nSPS) is 37.0. The molecule has 0 bridgehead atoms. The molecule has 3 fully saturated rings. The summed E-state index contributed by atoms with van der Waals surface area (Å²) < 4.78 is 10.7. The molecule has 0 amide bonds. The average Bonchev–Trinajstić information content (AvgIpc) is 3.23. The minimum absolute atomic E-state index is 0.00716. The second-order valence-corrected chi connectivity index (χ2v) is 14.1. The molecule has 4 aliphatic rings. The molecule has 0 heterocycles. The van der Waals surface area contributed by atoms with Gasteiger partial charge in [-0.15, -0.1) is 0 Å². The van der Waals surface area contributed by atoms with Gasteiger partial charge in [0.25, 0.3) is 0 Å². The molecule has 4 rings (SSSR count). The van der Waals surface area contributed by atoms with Gasteiger partial charge >= 0.3 is 11.9 Å². The van der Waals surface area contributed by atoms with Gasteiger partial charge in [0.15, 0.2) is 0 Å². The van der Waals surface area contributed by atoms with Crippen molar-refractivity contribution in [2.75, 3.05) is 13.2 Å². The summed E-state index contributed by atoms with van der Waals surface area (Å²) >= 11 is 0. The molecule has 0 aliphatic heterocycles. The lowest BCUT2D eigenvalue weighted by molar-refractivity contribution is -0.155. The Morgan fingerprint density at radius 1 is 1.00 bits per heavy atom. The smallest absolute Gasteiger partial charge is 0.306 e. The number of hydrogen-bond acceptors (Lipinski definition) is 5. The molecule has 5 nitrogen and oxygen atoms in total. The molecule has 0 aromatic heterocycles. The minimum atomic E-state index is -0.461. The number of allylic oxidation sites excluding steroid dienone is 1. The van der Waals surface area contributed by atoms with Crippen LogP contribution in [-0.4, -0.2) is 36.4 Å². The topological polar surface area (TPSA) is 72.8 Å². The molecule has 3 saturated carbocycles. The molecule has 0 aromatic carbocycles. The predicted molar refractivity (Wildman–Crippen MR) is 150 cm³/mol. The molecule has 0 spiro atoms. The number of aliphatic hydroxyl groups is 1. The minimum Gasteiger partial charge on any atom is -0.463 e. The van der Waals surface area contributed by atoms with Gasteiger partial charge in [-0.3, -0.25) is 9.59 Å². The number of esters is 2. The van der Waals surface area contributed by atoms with E-state index in [9.17, 15) is 9.59 Å². The van der Waals surface area contributed by atoms with Gasteiger partial charge in [0.2, 0.25) is 0 Å². The van der Waals surface area contributed by atoms with E-state index in [-0.39, 0.29) is 43.5 Å². The van der Waals surface area contributed by atoms with Crippen molar-refractivity contribution in [1.29, 1.82) is 0 Å². The maximum Gasteiger partial charge on any atom is 0.306 e. The molecule has 0 saturated heterocycles. The molecule has 5 heteroatoms. The SMILES string of the molecule is CC(C)CCCC(C)[C@H]1CCC2C3CC=C4C[C@@H](OC(=O)CCC(=O)OCCO)CC[C@]4(C)C3CC[C@@]21C. The molecule has 216 valence electrons. The Morgan fingerprint density at radius 2 is 1.76 bits per heavy atom. The number of carbonyl (C=O) groups is 2. The van der Waals surface area contributed by atoms with Crippen molar-refractivity contribution in [3.05, 3.63) is 11.6 Å². The Bertz CT molecular complexity index is 863. The van der Waals surface area contributed by atoms with Gasteiger partial charge in [0.05, 0.1) is 19.4 Å². The van der Waals surface area contributed by atoms with Crippen LogP contribution in [0.1, 0.15) is 118 Å². The molecule has 4 unspecified atom stereocenters. The summed E-state index contributed by atoms with van der Waals surface area (Å²) in [5.41, 5.74) is 2.26. The van der Waals surface area contributed by atoms with Gasteiger partial charge in [-0.2, -0.15) is 0 Å². The number of ether oxygens (including phenoxy) is 2. The number of rotatable bonds is 11.